The molecule has 0 saturated heterocycles. The van der Waals surface area contributed by atoms with Crippen molar-refractivity contribution in [3.63, 3.8) is 0 Å². The van der Waals surface area contributed by atoms with Gasteiger partial charge in [-0.25, -0.2) is 4.98 Å². The van der Waals surface area contributed by atoms with E-state index in [2.05, 4.69) is 10.3 Å². The van der Waals surface area contributed by atoms with Crippen molar-refractivity contribution in [1.29, 1.82) is 0 Å². The number of nitrogens with one attached hydrogen (secondary N) is 1. The fourth-order valence-corrected chi connectivity index (χ4v) is 3.50. The normalized spacial score (nSPS) is 11.0. The van der Waals surface area contributed by atoms with Gasteiger partial charge in [0.25, 0.3) is 5.91 Å². The maximum atomic E-state index is 12.6. The first-order valence-electron chi connectivity index (χ1n) is 8.66. The molecule has 0 saturated carbocycles. The highest BCUT2D eigenvalue weighted by Crippen LogP contribution is 2.34. The van der Waals surface area contributed by atoms with E-state index >= 15 is 0 Å². The van der Waals surface area contributed by atoms with Gasteiger partial charge in [0.05, 0.1) is 5.02 Å². The van der Waals surface area contributed by atoms with Crippen molar-refractivity contribution >= 4 is 45.9 Å². The minimum absolute atomic E-state index is 0.173. The molecule has 1 amide bonds. The molecular weight excluding hydrogens is 395 g/mol. The molecule has 0 unspecified atom stereocenters. The van der Waals surface area contributed by atoms with Crippen LogP contribution in [0.2, 0.25) is 10.0 Å². The lowest BCUT2D eigenvalue weighted by atomic mass is 10.1. The number of amides is 1. The molecule has 1 N–H and O–H groups in total. The van der Waals surface area contributed by atoms with Gasteiger partial charge >= 0.3 is 0 Å². The van der Waals surface area contributed by atoms with E-state index in [1.165, 1.54) is 0 Å². The van der Waals surface area contributed by atoms with Crippen LogP contribution in [0.3, 0.4) is 0 Å². The lowest BCUT2D eigenvalue weighted by Gasteiger charge is -2.11. The molecule has 1 heterocycles. The third-order valence-corrected chi connectivity index (χ3v) is 5.03. The monoisotopic (exact) mass is 410 g/mol. The number of halogens is 2. The largest absolute Gasteiger partial charge is 0.434 e. The predicted octanol–water partition coefficient (Wildman–Crippen LogP) is 6.67. The molecule has 140 valence electrons. The Hall–Kier alpha value is -2.82. The minimum atomic E-state index is -0.173. The van der Waals surface area contributed by atoms with Gasteiger partial charge in [-0.2, -0.15) is 0 Å². The van der Waals surface area contributed by atoms with Gasteiger partial charge in [-0.1, -0.05) is 47.0 Å². The second kappa shape index (κ2) is 7.30. The van der Waals surface area contributed by atoms with Crippen LogP contribution in [0.15, 0.2) is 59.0 Å². The van der Waals surface area contributed by atoms with Gasteiger partial charge in [-0.05, 0) is 55.8 Å². The quantitative estimate of drug-likeness (QED) is 0.410. The molecule has 4 nitrogen and oxygen atoms in total. The highest BCUT2D eigenvalue weighted by atomic mass is 35.5. The zero-order chi connectivity index (χ0) is 19.8. The van der Waals surface area contributed by atoms with Crippen molar-refractivity contribution in [1.82, 2.24) is 4.98 Å². The summed E-state index contributed by atoms with van der Waals surface area (Å²) in [4.78, 5) is 17.1. The van der Waals surface area contributed by atoms with Crippen molar-refractivity contribution in [2.45, 2.75) is 13.8 Å². The number of aromatic nitrogens is 1. The van der Waals surface area contributed by atoms with Crippen LogP contribution >= 0.6 is 23.2 Å². The number of aryl methyl sites for hydroxylation is 1. The molecule has 0 fully saturated rings. The van der Waals surface area contributed by atoms with Crippen molar-refractivity contribution in [2.24, 2.45) is 0 Å². The summed E-state index contributed by atoms with van der Waals surface area (Å²) in [7, 11) is 0. The van der Waals surface area contributed by atoms with E-state index in [-0.39, 0.29) is 5.91 Å². The Bertz CT molecular complexity index is 1200. The van der Waals surface area contributed by atoms with Crippen LogP contribution in [0.5, 0.6) is 0 Å². The number of rotatable bonds is 3. The summed E-state index contributed by atoms with van der Waals surface area (Å²) >= 11 is 12.3. The molecule has 0 atom stereocenters. The molecule has 3 aromatic carbocycles. The van der Waals surface area contributed by atoms with E-state index in [9.17, 15) is 4.79 Å². The number of fused-ring (bicyclic) bond motifs is 1. The number of nitrogens with zero attached hydrogens (tertiary/aromatic N) is 1. The Balaban J connectivity index is 1.70. The number of anilines is 1. The van der Waals surface area contributed by atoms with Crippen molar-refractivity contribution in [2.75, 3.05) is 5.32 Å². The van der Waals surface area contributed by atoms with Crippen LogP contribution in [-0.4, -0.2) is 10.9 Å². The first kappa shape index (κ1) is 18.5. The van der Waals surface area contributed by atoms with Crippen LogP contribution < -0.4 is 5.32 Å². The Kier molecular flexibility index (Phi) is 4.84. The Morgan fingerprint density at radius 2 is 1.79 bits per heavy atom. The van der Waals surface area contributed by atoms with E-state index in [1.807, 2.05) is 44.2 Å². The van der Waals surface area contributed by atoms with Gasteiger partial charge < -0.3 is 9.73 Å². The zero-order valence-electron chi connectivity index (χ0n) is 15.2. The van der Waals surface area contributed by atoms with Gasteiger partial charge in [-0.15, -0.1) is 0 Å². The number of carbonyl (C=O) groups excluding carboxylic acids is 1. The average Bonchev–Trinajstić information content (AvgIpc) is 3.08. The molecule has 0 aliphatic rings. The molecule has 0 aliphatic heterocycles. The SMILES string of the molecule is Cc1ccc(C(=O)Nc2cccc(-c3nc4cc(Cl)cc(Cl)c4o3)c2C)cc1. The molecular formula is C22H16Cl2N2O2. The highest BCUT2D eigenvalue weighted by molar-refractivity contribution is 6.38. The number of hydrogen-bond acceptors (Lipinski definition) is 3. The maximum Gasteiger partial charge on any atom is 0.255 e. The van der Waals surface area contributed by atoms with E-state index in [4.69, 9.17) is 27.6 Å². The first-order chi connectivity index (χ1) is 13.4. The van der Waals surface area contributed by atoms with Gasteiger partial charge in [0.15, 0.2) is 5.58 Å². The lowest BCUT2D eigenvalue weighted by molar-refractivity contribution is 0.102. The topological polar surface area (TPSA) is 55.1 Å². The molecule has 0 spiro atoms. The van der Waals surface area contributed by atoms with Gasteiger partial charge in [0, 0.05) is 21.8 Å². The van der Waals surface area contributed by atoms with E-state index in [0.29, 0.717) is 38.3 Å². The van der Waals surface area contributed by atoms with Gasteiger partial charge in [0.2, 0.25) is 5.89 Å². The standard InChI is InChI=1S/C22H16Cl2N2O2/c1-12-6-8-14(9-7-12)21(27)25-18-5-3-4-16(13(18)2)22-26-19-11-15(23)10-17(24)20(19)28-22/h3-11H,1-2H3,(H,25,27). The Morgan fingerprint density at radius 1 is 1.04 bits per heavy atom. The van der Waals surface area contributed by atoms with Crippen molar-refractivity contribution in [3.8, 4) is 11.5 Å². The highest BCUT2D eigenvalue weighted by Gasteiger charge is 2.16. The fraction of sp³-hybridized carbons (Fsp3) is 0.0909. The van der Waals surface area contributed by atoms with E-state index < -0.39 is 0 Å². The number of oxazole rings is 1. The van der Waals surface area contributed by atoms with Gasteiger partial charge in [0.1, 0.15) is 5.52 Å². The third kappa shape index (κ3) is 3.49. The summed E-state index contributed by atoms with van der Waals surface area (Å²) in [5.74, 6) is 0.246. The summed E-state index contributed by atoms with van der Waals surface area (Å²) in [6, 6.07) is 16.3. The summed E-state index contributed by atoms with van der Waals surface area (Å²) < 4.78 is 5.86. The smallest absolute Gasteiger partial charge is 0.255 e. The molecule has 28 heavy (non-hydrogen) atoms. The molecule has 0 radical (unpaired) electrons. The number of carbonyl (C=O) groups is 1. The summed E-state index contributed by atoms with van der Waals surface area (Å²) in [6.07, 6.45) is 0. The van der Waals surface area contributed by atoms with Gasteiger partial charge in [-0.3, -0.25) is 4.79 Å². The van der Waals surface area contributed by atoms with Crippen LogP contribution in [0, 0.1) is 13.8 Å². The van der Waals surface area contributed by atoms with E-state index in [1.54, 1.807) is 24.3 Å². The maximum absolute atomic E-state index is 12.6. The zero-order valence-corrected chi connectivity index (χ0v) is 16.7. The summed E-state index contributed by atoms with van der Waals surface area (Å²) in [5, 5.41) is 3.85. The molecule has 4 rings (SSSR count). The van der Waals surface area contributed by atoms with Crippen molar-refractivity contribution in [3.05, 3.63) is 81.3 Å². The number of hydrogen-bond donors (Lipinski definition) is 1. The fourth-order valence-electron chi connectivity index (χ4n) is 2.98. The Labute approximate surface area is 172 Å². The molecule has 1 aromatic heterocycles. The minimum Gasteiger partial charge on any atom is -0.434 e. The third-order valence-electron chi connectivity index (χ3n) is 4.54. The van der Waals surface area contributed by atoms with Crippen molar-refractivity contribution < 1.29 is 9.21 Å². The van der Waals surface area contributed by atoms with E-state index in [0.717, 1.165) is 16.7 Å². The molecule has 6 heteroatoms. The molecule has 4 aromatic rings. The van der Waals surface area contributed by atoms with Crippen LogP contribution in [0.25, 0.3) is 22.6 Å². The number of benzene rings is 3. The lowest BCUT2D eigenvalue weighted by Crippen LogP contribution is -2.12. The summed E-state index contributed by atoms with van der Waals surface area (Å²) in [6.45, 7) is 3.89. The molecule has 0 aliphatic carbocycles. The second-order valence-corrected chi connectivity index (χ2v) is 7.40. The summed E-state index contributed by atoms with van der Waals surface area (Å²) in [5.41, 5.74) is 5.06. The second-order valence-electron chi connectivity index (χ2n) is 6.55. The van der Waals surface area contributed by atoms with Crippen LogP contribution in [0.4, 0.5) is 5.69 Å². The van der Waals surface area contributed by atoms with Crippen LogP contribution in [0.1, 0.15) is 21.5 Å². The first-order valence-corrected chi connectivity index (χ1v) is 9.41. The average molecular weight is 411 g/mol. The predicted molar refractivity (Wildman–Crippen MR) is 113 cm³/mol. The van der Waals surface area contributed by atoms with Crippen LogP contribution in [-0.2, 0) is 0 Å². The molecule has 0 bridgehead atoms. The Morgan fingerprint density at radius 3 is 2.54 bits per heavy atom.